The summed E-state index contributed by atoms with van der Waals surface area (Å²) < 4.78 is 0. The molecule has 0 aromatic carbocycles. The van der Waals surface area contributed by atoms with Crippen LogP contribution in [0.4, 0.5) is 0 Å². The molecule has 2 heteroatoms. The molecule has 0 amide bonds. The van der Waals surface area contributed by atoms with E-state index in [0.29, 0.717) is 0 Å². The monoisotopic (exact) mass is 128 g/mol. The van der Waals surface area contributed by atoms with Crippen LogP contribution >= 0.6 is 0 Å². The van der Waals surface area contributed by atoms with Crippen LogP contribution in [-0.2, 0) is 0 Å². The molecule has 0 aromatic rings. The minimum absolute atomic E-state index is 0.949. The van der Waals surface area contributed by atoms with Gasteiger partial charge in [0.05, 0.1) is 0 Å². The summed E-state index contributed by atoms with van der Waals surface area (Å²) in [6, 6.07) is 0. The lowest BCUT2D eigenvalue weighted by molar-refractivity contribution is 0.482. The van der Waals surface area contributed by atoms with Crippen molar-refractivity contribution in [3.05, 3.63) is 12.3 Å². The molecule has 0 fully saturated rings. The van der Waals surface area contributed by atoms with Crippen molar-refractivity contribution in [2.45, 2.75) is 6.92 Å². The SMILES string of the molecule is CCN(C)/C=C\CNC. The highest BCUT2D eigenvalue weighted by Gasteiger charge is 1.79. The zero-order valence-corrected chi connectivity index (χ0v) is 6.52. The summed E-state index contributed by atoms with van der Waals surface area (Å²) in [5.41, 5.74) is 0. The van der Waals surface area contributed by atoms with E-state index in [1.807, 2.05) is 7.05 Å². The summed E-state index contributed by atoms with van der Waals surface area (Å²) in [5, 5.41) is 3.03. The van der Waals surface area contributed by atoms with Crippen molar-refractivity contribution in [2.24, 2.45) is 0 Å². The Kier molecular flexibility index (Phi) is 5.32. The summed E-state index contributed by atoms with van der Waals surface area (Å²) in [6.07, 6.45) is 4.18. The fourth-order valence-corrected chi connectivity index (χ4v) is 0.456. The third-order valence-corrected chi connectivity index (χ3v) is 1.18. The van der Waals surface area contributed by atoms with Gasteiger partial charge in [-0.05, 0) is 20.2 Å². The molecule has 54 valence electrons. The van der Waals surface area contributed by atoms with Gasteiger partial charge in [0.2, 0.25) is 0 Å². The van der Waals surface area contributed by atoms with Crippen LogP contribution in [0.15, 0.2) is 12.3 Å². The summed E-state index contributed by atoms with van der Waals surface area (Å²) >= 11 is 0. The molecule has 0 unspecified atom stereocenters. The second kappa shape index (κ2) is 5.63. The Balaban J connectivity index is 3.20. The minimum atomic E-state index is 0.949. The second-order valence-electron chi connectivity index (χ2n) is 2.02. The fraction of sp³-hybridized carbons (Fsp3) is 0.714. The van der Waals surface area contributed by atoms with Gasteiger partial charge in [-0.3, -0.25) is 0 Å². The molecule has 0 rings (SSSR count). The molecule has 0 atom stereocenters. The standard InChI is InChI=1S/C7H16N2/c1-4-9(3)7-5-6-8-2/h5,7-8H,4,6H2,1-3H3/b7-5-. The van der Waals surface area contributed by atoms with Crippen molar-refractivity contribution >= 4 is 0 Å². The van der Waals surface area contributed by atoms with E-state index in [1.54, 1.807) is 0 Å². The predicted molar refractivity (Wildman–Crippen MR) is 41.4 cm³/mol. The normalized spacial score (nSPS) is 10.6. The van der Waals surface area contributed by atoms with Crippen LogP contribution in [0.25, 0.3) is 0 Å². The van der Waals surface area contributed by atoms with Gasteiger partial charge in [0.25, 0.3) is 0 Å². The van der Waals surface area contributed by atoms with Crippen LogP contribution in [0.2, 0.25) is 0 Å². The molecule has 0 saturated carbocycles. The predicted octanol–water partition coefficient (Wildman–Crippen LogP) is 0.671. The topological polar surface area (TPSA) is 15.3 Å². The van der Waals surface area contributed by atoms with E-state index < -0.39 is 0 Å². The van der Waals surface area contributed by atoms with Gasteiger partial charge in [0.1, 0.15) is 0 Å². The Hall–Kier alpha value is -0.500. The van der Waals surface area contributed by atoms with Gasteiger partial charge < -0.3 is 10.2 Å². The average molecular weight is 128 g/mol. The van der Waals surface area contributed by atoms with E-state index in [4.69, 9.17) is 0 Å². The van der Waals surface area contributed by atoms with E-state index in [0.717, 1.165) is 13.1 Å². The van der Waals surface area contributed by atoms with Gasteiger partial charge in [0, 0.05) is 20.1 Å². The molecule has 0 spiro atoms. The van der Waals surface area contributed by atoms with Gasteiger partial charge in [-0.15, -0.1) is 0 Å². The van der Waals surface area contributed by atoms with E-state index in [2.05, 4.69) is 36.5 Å². The maximum atomic E-state index is 3.03. The lowest BCUT2D eigenvalue weighted by Crippen LogP contribution is -2.11. The first-order valence-corrected chi connectivity index (χ1v) is 3.32. The van der Waals surface area contributed by atoms with Crippen LogP contribution in [-0.4, -0.2) is 32.1 Å². The summed E-state index contributed by atoms with van der Waals surface area (Å²) in [7, 11) is 4.00. The van der Waals surface area contributed by atoms with Gasteiger partial charge in [-0.2, -0.15) is 0 Å². The molecule has 0 aliphatic carbocycles. The number of hydrogen-bond donors (Lipinski definition) is 1. The molecule has 0 aliphatic rings. The zero-order valence-electron chi connectivity index (χ0n) is 6.52. The number of hydrogen-bond acceptors (Lipinski definition) is 2. The smallest absolute Gasteiger partial charge is 0.0149 e. The Morgan fingerprint density at radius 2 is 2.22 bits per heavy atom. The van der Waals surface area contributed by atoms with Crippen LogP contribution in [0, 0.1) is 0 Å². The highest BCUT2D eigenvalue weighted by molar-refractivity contribution is 4.81. The lowest BCUT2D eigenvalue weighted by Gasteiger charge is -2.08. The van der Waals surface area contributed by atoms with Gasteiger partial charge in [-0.25, -0.2) is 0 Å². The quantitative estimate of drug-likeness (QED) is 0.598. The molecule has 0 aliphatic heterocycles. The van der Waals surface area contributed by atoms with E-state index in [9.17, 15) is 0 Å². The number of likely N-dealkylation sites (N-methyl/N-ethyl adjacent to an activating group) is 1. The molecular weight excluding hydrogens is 112 g/mol. The number of rotatable bonds is 4. The molecule has 2 nitrogen and oxygen atoms in total. The molecule has 9 heavy (non-hydrogen) atoms. The zero-order chi connectivity index (χ0) is 7.11. The number of nitrogens with one attached hydrogen (secondary N) is 1. The van der Waals surface area contributed by atoms with Crippen molar-refractivity contribution in [1.29, 1.82) is 0 Å². The number of nitrogens with zero attached hydrogens (tertiary/aromatic N) is 1. The van der Waals surface area contributed by atoms with E-state index in [1.165, 1.54) is 0 Å². The van der Waals surface area contributed by atoms with Gasteiger partial charge >= 0.3 is 0 Å². The molecule has 0 bridgehead atoms. The molecule has 0 aromatic heterocycles. The maximum Gasteiger partial charge on any atom is 0.0149 e. The lowest BCUT2D eigenvalue weighted by atomic mass is 10.5. The maximum absolute atomic E-state index is 3.03. The van der Waals surface area contributed by atoms with Crippen molar-refractivity contribution in [1.82, 2.24) is 10.2 Å². The Bertz CT molecular complexity index is 79.0. The van der Waals surface area contributed by atoms with Crippen molar-refractivity contribution in [3.8, 4) is 0 Å². The first-order valence-electron chi connectivity index (χ1n) is 3.32. The highest BCUT2D eigenvalue weighted by atomic mass is 15.1. The van der Waals surface area contributed by atoms with Crippen LogP contribution in [0.5, 0.6) is 0 Å². The first-order chi connectivity index (χ1) is 4.31. The van der Waals surface area contributed by atoms with Crippen LogP contribution in [0.3, 0.4) is 0 Å². The van der Waals surface area contributed by atoms with E-state index in [-0.39, 0.29) is 0 Å². The van der Waals surface area contributed by atoms with Gasteiger partial charge in [0.15, 0.2) is 0 Å². The van der Waals surface area contributed by atoms with Crippen LogP contribution < -0.4 is 5.32 Å². The Labute approximate surface area is 57.5 Å². The molecule has 0 heterocycles. The molecular formula is C7H16N2. The Morgan fingerprint density at radius 1 is 1.56 bits per heavy atom. The fourth-order valence-electron chi connectivity index (χ4n) is 0.456. The Morgan fingerprint density at radius 3 is 2.67 bits per heavy atom. The van der Waals surface area contributed by atoms with Crippen molar-refractivity contribution < 1.29 is 0 Å². The molecule has 0 radical (unpaired) electrons. The first kappa shape index (κ1) is 8.50. The summed E-state index contributed by atoms with van der Waals surface area (Å²) in [6.45, 7) is 4.15. The van der Waals surface area contributed by atoms with Crippen molar-refractivity contribution in [3.63, 3.8) is 0 Å². The summed E-state index contributed by atoms with van der Waals surface area (Å²) in [5.74, 6) is 0. The second-order valence-corrected chi connectivity index (χ2v) is 2.02. The largest absolute Gasteiger partial charge is 0.381 e. The highest BCUT2D eigenvalue weighted by Crippen LogP contribution is 1.80. The van der Waals surface area contributed by atoms with Crippen LogP contribution in [0.1, 0.15) is 6.92 Å². The molecule has 1 N–H and O–H groups in total. The average Bonchev–Trinajstić information content (AvgIpc) is 1.89. The minimum Gasteiger partial charge on any atom is -0.381 e. The molecule has 0 saturated heterocycles. The van der Waals surface area contributed by atoms with Crippen molar-refractivity contribution in [2.75, 3.05) is 27.2 Å². The third kappa shape index (κ3) is 5.37. The van der Waals surface area contributed by atoms with E-state index >= 15 is 0 Å². The van der Waals surface area contributed by atoms with Gasteiger partial charge in [-0.1, -0.05) is 6.08 Å². The summed E-state index contributed by atoms with van der Waals surface area (Å²) in [4.78, 5) is 2.14. The third-order valence-electron chi connectivity index (χ3n) is 1.18.